The Balaban J connectivity index is 1.15. The summed E-state index contributed by atoms with van der Waals surface area (Å²) < 4.78 is 19.7. The molecule has 13 heteroatoms. The fourth-order valence-corrected chi connectivity index (χ4v) is 7.64. The van der Waals surface area contributed by atoms with Crippen LogP contribution in [0.4, 0.5) is 0 Å². The molecule has 0 radical (unpaired) electrons. The minimum atomic E-state index is -1.31. The fourth-order valence-electron chi connectivity index (χ4n) is 7.64. The van der Waals surface area contributed by atoms with Gasteiger partial charge in [0.25, 0.3) is 0 Å². The highest BCUT2D eigenvalue weighted by Crippen LogP contribution is 2.63. The van der Waals surface area contributed by atoms with Gasteiger partial charge >= 0.3 is 5.97 Å². The molecule has 0 aromatic heterocycles. The van der Waals surface area contributed by atoms with E-state index in [2.05, 4.69) is 10.6 Å². The van der Waals surface area contributed by atoms with Crippen LogP contribution in [0.5, 0.6) is 0 Å². The highest BCUT2D eigenvalue weighted by atomic mass is 16.8. The number of hydroxylamine groups is 2. The van der Waals surface area contributed by atoms with E-state index in [0.717, 1.165) is 36.8 Å². The van der Waals surface area contributed by atoms with Gasteiger partial charge < -0.3 is 34.9 Å². The molecule has 13 nitrogen and oxygen atoms in total. The summed E-state index contributed by atoms with van der Waals surface area (Å²) >= 11 is 0. The highest BCUT2D eigenvalue weighted by Gasteiger charge is 2.78. The van der Waals surface area contributed by atoms with Crippen molar-refractivity contribution in [3.63, 3.8) is 0 Å². The van der Waals surface area contributed by atoms with Gasteiger partial charge in [0, 0.05) is 57.9 Å². The van der Waals surface area contributed by atoms with Crippen molar-refractivity contribution in [1.82, 2.24) is 20.6 Å². The maximum atomic E-state index is 14.3. The fraction of sp³-hybridized carbons (Fsp3) is 0.636. The van der Waals surface area contributed by atoms with E-state index in [1.807, 2.05) is 24.3 Å². The van der Waals surface area contributed by atoms with Crippen LogP contribution in [-0.4, -0.2) is 109 Å². The number of hydrogen-bond donors (Lipinski definition) is 3. The summed E-state index contributed by atoms with van der Waals surface area (Å²) in [6, 6.07) is 6.50. The number of carbonyl (C=O) groups is 4. The molecule has 3 saturated heterocycles. The molecular formula is C33H42N4O9. The lowest BCUT2D eigenvalue weighted by atomic mass is 9.62. The van der Waals surface area contributed by atoms with E-state index in [0.29, 0.717) is 0 Å². The number of nitrogens with zero attached hydrogens (tertiary/aromatic N) is 2. The van der Waals surface area contributed by atoms with Gasteiger partial charge in [0.2, 0.25) is 17.7 Å². The number of amides is 3. The quantitative estimate of drug-likeness (QED) is 0.218. The number of benzene rings is 1. The number of nitrogens with one attached hydrogen (secondary N) is 2. The van der Waals surface area contributed by atoms with Crippen molar-refractivity contribution in [2.24, 2.45) is 17.3 Å². The predicted molar refractivity (Wildman–Crippen MR) is 161 cm³/mol. The summed E-state index contributed by atoms with van der Waals surface area (Å²) in [4.78, 5) is 60.3. The Labute approximate surface area is 267 Å². The molecule has 3 heterocycles. The molecule has 7 rings (SSSR count). The van der Waals surface area contributed by atoms with E-state index < -0.39 is 47.6 Å². The Morgan fingerprint density at radius 3 is 2.37 bits per heavy atom. The first-order valence-corrected chi connectivity index (χ1v) is 16.3. The largest absolute Gasteiger partial charge is 0.458 e. The Hall–Kier alpha value is -3.36. The van der Waals surface area contributed by atoms with Crippen molar-refractivity contribution in [3.05, 3.63) is 41.5 Å². The Morgan fingerprint density at radius 2 is 1.72 bits per heavy atom. The van der Waals surface area contributed by atoms with Gasteiger partial charge in [-0.2, -0.15) is 5.06 Å². The van der Waals surface area contributed by atoms with Gasteiger partial charge in [0.15, 0.2) is 11.8 Å². The van der Waals surface area contributed by atoms with E-state index >= 15 is 0 Å². The zero-order valence-corrected chi connectivity index (χ0v) is 26.2. The molecule has 0 spiro atoms. The van der Waals surface area contributed by atoms with Gasteiger partial charge in [-0.05, 0) is 42.9 Å². The number of likely N-dealkylation sites (N-methyl/N-ethyl adjacent to an activating group) is 1. The van der Waals surface area contributed by atoms with Crippen LogP contribution < -0.4 is 10.6 Å². The number of fused-ring (bicyclic) bond motifs is 4. The molecule has 1 aromatic carbocycles. The number of aliphatic hydroxyl groups is 1. The van der Waals surface area contributed by atoms with E-state index in [4.69, 9.17) is 24.2 Å². The van der Waals surface area contributed by atoms with Gasteiger partial charge in [-0.15, -0.1) is 0 Å². The third-order valence-electron chi connectivity index (χ3n) is 10.2. The number of carbonyl (C=O) groups excluding carboxylic acids is 4. The van der Waals surface area contributed by atoms with Crippen molar-refractivity contribution in [1.29, 1.82) is 0 Å². The van der Waals surface area contributed by atoms with E-state index in [1.54, 1.807) is 25.2 Å². The van der Waals surface area contributed by atoms with Crippen LogP contribution in [0.3, 0.4) is 0 Å². The average Bonchev–Trinajstić information content (AvgIpc) is 3.98. The molecule has 3 aliphatic carbocycles. The summed E-state index contributed by atoms with van der Waals surface area (Å²) in [5.41, 5.74) is 0.362. The molecule has 3 N–H and O–H groups in total. The molecule has 1 aromatic rings. The molecule has 3 saturated carbocycles. The van der Waals surface area contributed by atoms with Gasteiger partial charge in [-0.1, -0.05) is 24.3 Å². The first-order valence-electron chi connectivity index (χ1n) is 16.3. The molecule has 3 aliphatic heterocycles. The minimum Gasteiger partial charge on any atom is -0.458 e. The summed E-state index contributed by atoms with van der Waals surface area (Å²) in [5.74, 6) is -1.55. The van der Waals surface area contributed by atoms with Crippen molar-refractivity contribution < 1.29 is 43.3 Å². The topological polar surface area (TPSA) is 156 Å². The van der Waals surface area contributed by atoms with Crippen LogP contribution in [0.25, 0.3) is 6.08 Å². The van der Waals surface area contributed by atoms with Crippen LogP contribution in [0, 0.1) is 17.3 Å². The summed E-state index contributed by atoms with van der Waals surface area (Å²) in [5, 5.41) is 16.0. The first kappa shape index (κ1) is 31.3. The third-order valence-corrected chi connectivity index (χ3v) is 10.2. The SMILES string of the molecule is CN(C)C(=O)C=Cc1ccc(CN2OC3C4OC(C5CC5)(C5CC5)OC4C4CC3(C(=O)NCCC(=O)NCCO)C2C(=O)O4)cc1. The van der Waals surface area contributed by atoms with Crippen molar-refractivity contribution >= 4 is 29.8 Å². The third kappa shape index (κ3) is 5.41. The van der Waals surface area contributed by atoms with Gasteiger partial charge in [0.1, 0.15) is 29.8 Å². The summed E-state index contributed by atoms with van der Waals surface area (Å²) in [6.45, 7) is 0.216. The maximum Gasteiger partial charge on any atom is 0.327 e. The summed E-state index contributed by atoms with van der Waals surface area (Å²) in [7, 11) is 3.38. The molecule has 3 amide bonds. The second-order valence-corrected chi connectivity index (χ2v) is 13.5. The predicted octanol–water partition coefficient (Wildman–Crippen LogP) is 0.503. The lowest BCUT2D eigenvalue weighted by Crippen LogP contribution is -2.69. The molecular weight excluding hydrogens is 596 g/mol. The maximum absolute atomic E-state index is 14.3. The number of aliphatic hydroxyl groups excluding tert-OH is 1. The molecule has 6 unspecified atom stereocenters. The Bertz CT molecular complexity index is 1400. The molecule has 2 bridgehead atoms. The lowest BCUT2D eigenvalue weighted by molar-refractivity contribution is -0.235. The molecule has 46 heavy (non-hydrogen) atoms. The Kier molecular flexibility index (Phi) is 8.17. The van der Waals surface area contributed by atoms with E-state index in [-0.39, 0.29) is 68.6 Å². The first-order chi connectivity index (χ1) is 22.2. The number of esters is 1. The molecule has 6 atom stereocenters. The van der Waals surface area contributed by atoms with E-state index in [9.17, 15) is 19.2 Å². The minimum absolute atomic E-state index is 0.0225. The van der Waals surface area contributed by atoms with Crippen LogP contribution in [0.1, 0.15) is 49.7 Å². The summed E-state index contributed by atoms with van der Waals surface area (Å²) in [6.07, 6.45) is 4.91. The number of ether oxygens (including phenoxy) is 3. The second kappa shape index (κ2) is 12.0. The lowest BCUT2D eigenvalue weighted by Gasteiger charge is -2.48. The van der Waals surface area contributed by atoms with Gasteiger partial charge in [-0.3, -0.25) is 24.0 Å². The number of rotatable bonds is 12. The Morgan fingerprint density at radius 1 is 1.02 bits per heavy atom. The van der Waals surface area contributed by atoms with Crippen LogP contribution in [0.2, 0.25) is 0 Å². The standard InChI is InChI=1S/C33H42N4O9/c1-36(2)25(40)12-7-19-3-5-20(6-4-19)18-37-28-30(41)43-23-17-32(28,31(42)35-14-13-24(39)34-15-16-38)29(46-37)27-26(23)44-33(45-27,21-8-9-21)22-10-11-22/h3-7,12,21-23,26-29,38H,8-11,13-18H2,1-2H3,(H,34,39)(H,35,42). The number of hydrogen-bond acceptors (Lipinski definition) is 10. The average molecular weight is 639 g/mol. The van der Waals surface area contributed by atoms with Crippen LogP contribution in [0.15, 0.2) is 30.3 Å². The van der Waals surface area contributed by atoms with Crippen LogP contribution in [-0.2, 0) is 44.8 Å². The monoisotopic (exact) mass is 638 g/mol. The van der Waals surface area contributed by atoms with Crippen molar-refractivity contribution in [3.8, 4) is 0 Å². The normalized spacial score (nSPS) is 32.6. The van der Waals surface area contributed by atoms with Crippen LogP contribution >= 0.6 is 0 Å². The zero-order chi connectivity index (χ0) is 32.2. The smallest absolute Gasteiger partial charge is 0.327 e. The van der Waals surface area contributed by atoms with Crippen molar-refractivity contribution in [2.45, 2.75) is 81.3 Å². The van der Waals surface area contributed by atoms with Gasteiger partial charge in [0.05, 0.1) is 13.2 Å². The second-order valence-electron chi connectivity index (χ2n) is 13.5. The molecule has 6 fully saturated rings. The van der Waals surface area contributed by atoms with E-state index in [1.165, 1.54) is 11.0 Å². The molecule has 248 valence electrons. The van der Waals surface area contributed by atoms with Crippen molar-refractivity contribution in [2.75, 3.05) is 33.8 Å². The molecule has 6 aliphatic rings. The van der Waals surface area contributed by atoms with Gasteiger partial charge in [-0.25, -0.2) is 0 Å². The highest BCUT2D eigenvalue weighted by molar-refractivity contribution is 5.94. The zero-order valence-electron chi connectivity index (χ0n) is 26.2.